The Morgan fingerprint density at radius 3 is 2.60 bits per heavy atom. The molecule has 20 heavy (non-hydrogen) atoms. The van der Waals surface area contributed by atoms with Crippen LogP contribution in [0, 0.1) is 0 Å². The Kier molecular flexibility index (Phi) is 5.08. The number of hydrogen-bond acceptors (Lipinski definition) is 2. The van der Waals surface area contributed by atoms with Crippen molar-refractivity contribution in [3.63, 3.8) is 0 Å². The van der Waals surface area contributed by atoms with Crippen LogP contribution in [0.5, 0.6) is 0 Å². The highest BCUT2D eigenvalue weighted by Crippen LogP contribution is 2.26. The molecule has 1 atom stereocenters. The lowest BCUT2D eigenvalue weighted by Crippen LogP contribution is -2.21. The van der Waals surface area contributed by atoms with Crippen molar-refractivity contribution in [2.24, 2.45) is 7.05 Å². The maximum absolute atomic E-state index is 6.26. The van der Waals surface area contributed by atoms with Crippen molar-refractivity contribution in [3.05, 3.63) is 51.3 Å². The molecule has 3 nitrogen and oxygen atoms in total. The summed E-state index contributed by atoms with van der Waals surface area (Å²) in [5.74, 6) is 0. The van der Waals surface area contributed by atoms with Crippen molar-refractivity contribution < 1.29 is 0 Å². The second-order valence-electron chi connectivity index (χ2n) is 4.82. The number of hydrogen-bond donors (Lipinski definition) is 1. The van der Waals surface area contributed by atoms with Crippen molar-refractivity contribution in [2.45, 2.75) is 25.8 Å². The minimum atomic E-state index is 0.173. The first-order valence-corrected chi connectivity index (χ1v) is 7.44. The number of halogens is 2. The summed E-state index contributed by atoms with van der Waals surface area (Å²) in [6.07, 6.45) is 1.74. The van der Waals surface area contributed by atoms with E-state index in [1.165, 1.54) is 0 Å². The van der Waals surface area contributed by atoms with E-state index in [1.807, 2.05) is 30.9 Å². The van der Waals surface area contributed by atoms with Crippen molar-refractivity contribution in [1.29, 1.82) is 0 Å². The van der Waals surface area contributed by atoms with Gasteiger partial charge in [-0.15, -0.1) is 0 Å². The van der Waals surface area contributed by atoms with E-state index in [2.05, 4.69) is 23.4 Å². The van der Waals surface area contributed by atoms with Gasteiger partial charge in [-0.3, -0.25) is 4.68 Å². The molecule has 0 radical (unpaired) electrons. The number of aryl methyl sites for hydroxylation is 2. The van der Waals surface area contributed by atoms with Gasteiger partial charge in [-0.1, -0.05) is 36.2 Å². The Balaban J connectivity index is 2.26. The van der Waals surface area contributed by atoms with E-state index >= 15 is 0 Å². The largest absolute Gasteiger partial charge is 0.311 e. The lowest BCUT2D eigenvalue weighted by molar-refractivity contribution is 0.537. The molecule has 1 aromatic heterocycles. The van der Waals surface area contributed by atoms with Crippen LogP contribution in [0.25, 0.3) is 0 Å². The van der Waals surface area contributed by atoms with Crippen molar-refractivity contribution in [2.75, 3.05) is 7.05 Å². The summed E-state index contributed by atoms with van der Waals surface area (Å²) in [6, 6.07) is 7.95. The maximum Gasteiger partial charge on any atom is 0.0625 e. The molecule has 5 heteroatoms. The molecule has 0 aliphatic rings. The summed E-state index contributed by atoms with van der Waals surface area (Å²) in [6.45, 7) is 2.11. The lowest BCUT2D eigenvalue weighted by Gasteiger charge is -2.17. The molecule has 2 aromatic rings. The first-order valence-electron chi connectivity index (χ1n) is 6.69. The smallest absolute Gasteiger partial charge is 0.0625 e. The molecule has 0 saturated heterocycles. The summed E-state index contributed by atoms with van der Waals surface area (Å²) in [4.78, 5) is 0. The molecule has 0 fully saturated rings. The van der Waals surface area contributed by atoms with Crippen molar-refractivity contribution in [3.8, 4) is 0 Å². The number of benzene rings is 1. The highest BCUT2D eigenvalue weighted by Gasteiger charge is 2.17. The zero-order valence-electron chi connectivity index (χ0n) is 12.0. The second-order valence-corrected chi connectivity index (χ2v) is 5.66. The van der Waals surface area contributed by atoms with E-state index in [9.17, 15) is 0 Å². The SMILES string of the molecule is CCc1cc(C(Cc2ccc(Cl)cc2Cl)NC)n(C)n1. The Labute approximate surface area is 129 Å². The molecular weight excluding hydrogens is 293 g/mol. The van der Waals surface area contributed by atoms with Crippen LogP contribution in [0.1, 0.15) is 29.9 Å². The number of aromatic nitrogens is 2. The van der Waals surface area contributed by atoms with E-state index in [4.69, 9.17) is 23.2 Å². The van der Waals surface area contributed by atoms with Gasteiger partial charge in [0.05, 0.1) is 17.4 Å². The second kappa shape index (κ2) is 6.61. The van der Waals surface area contributed by atoms with Gasteiger partial charge >= 0.3 is 0 Å². The molecule has 0 amide bonds. The zero-order chi connectivity index (χ0) is 14.7. The molecular formula is C15H19Cl2N3. The van der Waals surface area contributed by atoms with Crippen LogP contribution in [-0.4, -0.2) is 16.8 Å². The minimum absolute atomic E-state index is 0.173. The van der Waals surface area contributed by atoms with Crippen molar-refractivity contribution in [1.82, 2.24) is 15.1 Å². The summed E-state index contributed by atoms with van der Waals surface area (Å²) in [7, 11) is 3.93. The Morgan fingerprint density at radius 2 is 2.05 bits per heavy atom. The van der Waals surface area contributed by atoms with E-state index in [0.29, 0.717) is 10.0 Å². The van der Waals surface area contributed by atoms with Gasteiger partial charge in [0, 0.05) is 17.1 Å². The lowest BCUT2D eigenvalue weighted by atomic mass is 10.0. The Hall–Kier alpha value is -1.03. The van der Waals surface area contributed by atoms with Crippen LogP contribution in [0.2, 0.25) is 10.0 Å². The molecule has 108 valence electrons. The summed E-state index contributed by atoms with van der Waals surface area (Å²) in [5.41, 5.74) is 3.34. The van der Waals surface area contributed by atoms with Gasteiger partial charge in [0.25, 0.3) is 0 Å². The molecule has 2 rings (SSSR count). The molecule has 1 N–H and O–H groups in total. The summed E-state index contributed by atoms with van der Waals surface area (Å²) in [5, 5.41) is 9.20. The van der Waals surface area contributed by atoms with Crippen LogP contribution >= 0.6 is 23.2 Å². The topological polar surface area (TPSA) is 29.9 Å². The van der Waals surface area contributed by atoms with E-state index in [0.717, 1.165) is 29.8 Å². The fourth-order valence-corrected chi connectivity index (χ4v) is 2.79. The monoisotopic (exact) mass is 311 g/mol. The van der Waals surface area contributed by atoms with E-state index < -0.39 is 0 Å². The van der Waals surface area contributed by atoms with Crippen LogP contribution in [-0.2, 0) is 19.9 Å². The van der Waals surface area contributed by atoms with Crippen molar-refractivity contribution >= 4 is 23.2 Å². The highest BCUT2D eigenvalue weighted by molar-refractivity contribution is 6.35. The standard InChI is InChI=1S/C15H19Cl2N3/c1-4-12-9-15(20(3)19-12)14(18-2)7-10-5-6-11(16)8-13(10)17/h5-6,8-9,14,18H,4,7H2,1-3H3. The molecule has 1 heterocycles. The summed E-state index contributed by atoms with van der Waals surface area (Å²) < 4.78 is 1.93. The minimum Gasteiger partial charge on any atom is -0.311 e. The number of nitrogens with zero attached hydrogens (tertiary/aromatic N) is 2. The van der Waals surface area contributed by atoms with Gasteiger partial charge in [0.15, 0.2) is 0 Å². The van der Waals surface area contributed by atoms with Gasteiger partial charge in [-0.2, -0.15) is 5.10 Å². The van der Waals surface area contributed by atoms with Gasteiger partial charge in [-0.05, 0) is 43.7 Å². The van der Waals surface area contributed by atoms with Gasteiger partial charge in [0.1, 0.15) is 0 Å². The number of rotatable bonds is 5. The third-order valence-corrected chi connectivity index (χ3v) is 4.06. The Morgan fingerprint density at radius 1 is 1.30 bits per heavy atom. The van der Waals surface area contributed by atoms with Gasteiger partial charge < -0.3 is 5.32 Å². The average Bonchev–Trinajstić information content (AvgIpc) is 2.79. The number of nitrogens with one attached hydrogen (secondary N) is 1. The molecule has 0 spiro atoms. The maximum atomic E-state index is 6.26. The Bertz CT molecular complexity index is 593. The molecule has 0 aliphatic carbocycles. The van der Waals surface area contributed by atoms with Crippen LogP contribution < -0.4 is 5.32 Å². The number of likely N-dealkylation sites (N-methyl/N-ethyl adjacent to an activating group) is 1. The molecule has 1 aromatic carbocycles. The third kappa shape index (κ3) is 3.35. The fraction of sp³-hybridized carbons (Fsp3) is 0.400. The summed E-state index contributed by atoms with van der Waals surface area (Å²) >= 11 is 12.2. The first-order chi connectivity index (χ1) is 9.55. The van der Waals surface area contributed by atoms with Gasteiger partial charge in [-0.25, -0.2) is 0 Å². The molecule has 0 bridgehead atoms. The predicted octanol–water partition coefficient (Wildman–Crippen LogP) is 3.79. The third-order valence-electron chi connectivity index (χ3n) is 3.47. The zero-order valence-corrected chi connectivity index (χ0v) is 13.5. The van der Waals surface area contributed by atoms with Crippen LogP contribution in [0.3, 0.4) is 0 Å². The molecule has 0 aliphatic heterocycles. The quantitative estimate of drug-likeness (QED) is 0.910. The van der Waals surface area contributed by atoms with Crippen LogP contribution in [0.4, 0.5) is 0 Å². The van der Waals surface area contributed by atoms with Crippen LogP contribution in [0.15, 0.2) is 24.3 Å². The predicted molar refractivity (Wildman–Crippen MR) is 84.6 cm³/mol. The van der Waals surface area contributed by atoms with E-state index in [1.54, 1.807) is 6.07 Å². The fourth-order valence-electron chi connectivity index (χ4n) is 2.30. The highest BCUT2D eigenvalue weighted by atomic mass is 35.5. The average molecular weight is 312 g/mol. The first kappa shape index (κ1) is 15.4. The molecule has 0 saturated carbocycles. The normalized spacial score (nSPS) is 12.7. The van der Waals surface area contributed by atoms with Gasteiger partial charge in [0.2, 0.25) is 0 Å². The van der Waals surface area contributed by atoms with E-state index in [-0.39, 0.29) is 6.04 Å². The molecule has 1 unspecified atom stereocenters.